The van der Waals surface area contributed by atoms with Gasteiger partial charge in [0.2, 0.25) is 5.91 Å². The summed E-state index contributed by atoms with van der Waals surface area (Å²) in [5.41, 5.74) is 0. The van der Waals surface area contributed by atoms with Crippen LogP contribution in [0.25, 0.3) is 0 Å². The molecule has 88 valence electrons. The molecule has 0 spiro atoms. The van der Waals surface area contributed by atoms with Crippen LogP contribution in [0, 0.1) is 0 Å². The second kappa shape index (κ2) is 5.29. The summed E-state index contributed by atoms with van der Waals surface area (Å²) >= 11 is 5.12. The van der Waals surface area contributed by atoms with Crippen LogP contribution in [-0.4, -0.2) is 18.5 Å². The Balaban J connectivity index is 1.74. The van der Waals surface area contributed by atoms with E-state index in [1.54, 1.807) is 11.3 Å². The average Bonchev–Trinajstić information content (AvgIpc) is 2.95. The lowest BCUT2D eigenvalue weighted by Crippen LogP contribution is -2.35. The van der Waals surface area contributed by atoms with Gasteiger partial charge in [-0.05, 0) is 41.8 Å². The highest BCUT2D eigenvalue weighted by Crippen LogP contribution is 2.25. The lowest BCUT2D eigenvalue weighted by Gasteiger charge is -2.11. The first-order valence-corrected chi connectivity index (χ1v) is 7.09. The van der Waals surface area contributed by atoms with E-state index in [0.717, 1.165) is 17.3 Å². The Kier molecular flexibility index (Phi) is 4.00. The van der Waals surface area contributed by atoms with Crippen molar-refractivity contribution in [2.45, 2.75) is 31.8 Å². The van der Waals surface area contributed by atoms with Crippen molar-refractivity contribution in [2.75, 3.05) is 6.54 Å². The van der Waals surface area contributed by atoms with E-state index in [1.165, 1.54) is 4.88 Å². The molecular weight excluding hydrogens is 288 g/mol. The molecule has 16 heavy (non-hydrogen) atoms. The van der Waals surface area contributed by atoms with Gasteiger partial charge in [0, 0.05) is 26.8 Å². The van der Waals surface area contributed by atoms with Crippen LogP contribution in [0.2, 0.25) is 0 Å². The number of nitrogens with one attached hydrogen (secondary N) is 2. The first-order chi connectivity index (χ1) is 7.65. The summed E-state index contributed by atoms with van der Waals surface area (Å²) in [4.78, 5) is 12.7. The van der Waals surface area contributed by atoms with Crippen molar-refractivity contribution in [3.8, 4) is 0 Å². The average molecular weight is 303 g/mol. The number of hydrogen-bond acceptors (Lipinski definition) is 3. The molecular formula is C11H15BrN2OS. The molecule has 1 heterocycles. The van der Waals surface area contributed by atoms with E-state index in [9.17, 15) is 4.79 Å². The first-order valence-electron chi connectivity index (χ1n) is 5.42. The minimum atomic E-state index is 0.102. The minimum absolute atomic E-state index is 0.102. The Labute approximate surface area is 108 Å². The predicted molar refractivity (Wildman–Crippen MR) is 69.6 cm³/mol. The predicted octanol–water partition coefficient (Wildman–Crippen LogP) is 2.44. The molecule has 1 atom stereocenters. The third-order valence-electron chi connectivity index (χ3n) is 2.53. The summed E-state index contributed by atoms with van der Waals surface area (Å²) < 4.78 is 1.10. The molecule has 0 saturated heterocycles. The van der Waals surface area contributed by atoms with Gasteiger partial charge in [0.05, 0.1) is 6.54 Å². The van der Waals surface area contributed by atoms with Gasteiger partial charge in [0.25, 0.3) is 0 Å². The van der Waals surface area contributed by atoms with E-state index in [4.69, 9.17) is 0 Å². The van der Waals surface area contributed by atoms with Crippen molar-refractivity contribution in [3.05, 3.63) is 20.8 Å². The molecule has 1 unspecified atom stereocenters. The van der Waals surface area contributed by atoms with Crippen molar-refractivity contribution in [1.29, 1.82) is 0 Å². The summed E-state index contributed by atoms with van der Waals surface area (Å²) in [6.07, 6.45) is 2.28. The second-order valence-electron chi connectivity index (χ2n) is 4.11. The SMILES string of the molecule is CC(NCC(=O)NC1CC1)c1cc(Br)cs1. The zero-order valence-corrected chi connectivity index (χ0v) is 11.5. The van der Waals surface area contributed by atoms with Crippen molar-refractivity contribution in [1.82, 2.24) is 10.6 Å². The Morgan fingerprint density at radius 2 is 2.44 bits per heavy atom. The van der Waals surface area contributed by atoms with Gasteiger partial charge in [-0.3, -0.25) is 4.79 Å². The first kappa shape index (κ1) is 12.1. The topological polar surface area (TPSA) is 41.1 Å². The normalized spacial score (nSPS) is 17.1. The fraction of sp³-hybridized carbons (Fsp3) is 0.545. The summed E-state index contributed by atoms with van der Waals surface area (Å²) in [6.45, 7) is 2.47. The van der Waals surface area contributed by atoms with Crippen LogP contribution in [0.1, 0.15) is 30.7 Å². The van der Waals surface area contributed by atoms with E-state index in [0.29, 0.717) is 12.6 Å². The molecule has 0 radical (unpaired) electrons. The largest absolute Gasteiger partial charge is 0.352 e. The van der Waals surface area contributed by atoms with Gasteiger partial charge < -0.3 is 10.6 Å². The maximum absolute atomic E-state index is 11.5. The third kappa shape index (κ3) is 3.57. The monoisotopic (exact) mass is 302 g/mol. The van der Waals surface area contributed by atoms with Crippen LogP contribution < -0.4 is 10.6 Å². The molecule has 2 N–H and O–H groups in total. The molecule has 1 aromatic rings. The van der Waals surface area contributed by atoms with Gasteiger partial charge in [-0.15, -0.1) is 11.3 Å². The highest BCUT2D eigenvalue weighted by molar-refractivity contribution is 9.10. The summed E-state index contributed by atoms with van der Waals surface area (Å²) in [5, 5.41) is 8.23. The Morgan fingerprint density at radius 3 is 3.00 bits per heavy atom. The second-order valence-corrected chi connectivity index (χ2v) is 5.97. The fourth-order valence-corrected chi connectivity index (χ4v) is 2.89. The van der Waals surface area contributed by atoms with Gasteiger partial charge in [-0.25, -0.2) is 0 Å². The highest BCUT2D eigenvalue weighted by atomic mass is 79.9. The molecule has 0 bridgehead atoms. The van der Waals surface area contributed by atoms with Gasteiger partial charge in [0.1, 0.15) is 0 Å². The summed E-state index contributed by atoms with van der Waals surface area (Å²) in [6, 6.07) is 2.75. The molecule has 1 fully saturated rings. The zero-order chi connectivity index (χ0) is 11.5. The Bertz CT molecular complexity index is 376. The summed E-state index contributed by atoms with van der Waals surface area (Å²) in [5.74, 6) is 0.102. The van der Waals surface area contributed by atoms with Gasteiger partial charge in [-0.1, -0.05) is 0 Å². The molecule has 0 aliphatic heterocycles. The fourth-order valence-electron chi connectivity index (χ4n) is 1.41. The van der Waals surface area contributed by atoms with Gasteiger partial charge in [0.15, 0.2) is 0 Å². The van der Waals surface area contributed by atoms with E-state index in [-0.39, 0.29) is 11.9 Å². The molecule has 1 aliphatic rings. The van der Waals surface area contributed by atoms with Gasteiger partial charge in [-0.2, -0.15) is 0 Å². The van der Waals surface area contributed by atoms with Crippen molar-refractivity contribution in [3.63, 3.8) is 0 Å². The third-order valence-corrected chi connectivity index (χ3v) is 4.40. The zero-order valence-electron chi connectivity index (χ0n) is 9.13. The molecule has 2 rings (SSSR count). The van der Waals surface area contributed by atoms with Crippen LogP contribution in [0.5, 0.6) is 0 Å². The Morgan fingerprint density at radius 1 is 1.69 bits per heavy atom. The number of amides is 1. The van der Waals surface area contributed by atoms with E-state index in [2.05, 4.69) is 44.9 Å². The lowest BCUT2D eigenvalue weighted by molar-refractivity contribution is -0.120. The van der Waals surface area contributed by atoms with E-state index >= 15 is 0 Å². The lowest BCUT2D eigenvalue weighted by atomic mass is 10.3. The summed E-state index contributed by atoms with van der Waals surface area (Å²) in [7, 11) is 0. The van der Waals surface area contributed by atoms with E-state index < -0.39 is 0 Å². The smallest absolute Gasteiger partial charge is 0.234 e. The van der Waals surface area contributed by atoms with Crippen molar-refractivity contribution < 1.29 is 4.79 Å². The standard InChI is InChI=1S/C11H15BrN2OS/c1-7(10-4-8(12)6-16-10)13-5-11(15)14-9-2-3-9/h4,6-7,9,13H,2-3,5H2,1H3,(H,14,15). The maximum Gasteiger partial charge on any atom is 0.234 e. The molecule has 0 aromatic carbocycles. The van der Waals surface area contributed by atoms with Crippen LogP contribution in [0.15, 0.2) is 15.9 Å². The number of carbonyl (C=O) groups excluding carboxylic acids is 1. The quantitative estimate of drug-likeness (QED) is 0.877. The van der Waals surface area contributed by atoms with E-state index in [1.807, 2.05) is 0 Å². The number of hydrogen-bond donors (Lipinski definition) is 2. The maximum atomic E-state index is 11.5. The highest BCUT2D eigenvalue weighted by Gasteiger charge is 2.23. The minimum Gasteiger partial charge on any atom is -0.352 e. The van der Waals surface area contributed by atoms with Crippen LogP contribution in [0.3, 0.4) is 0 Å². The molecule has 5 heteroatoms. The van der Waals surface area contributed by atoms with Crippen LogP contribution in [0.4, 0.5) is 0 Å². The van der Waals surface area contributed by atoms with Crippen molar-refractivity contribution >= 4 is 33.2 Å². The number of halogens is 1. The van der Waals surface area contributed by atoms with Crippen molar-refractivity contribution in [2.24, 2.45) is 0 Å². The number of rotatable bonds is 5. The van der Waals surface area contributed by atoms with Crippen LogP contribution >= 0.6 is 27.3 Å². The molecule has 1 aliphatic carbocycles. The molecule has 1 saturated carbocycles. The molecule has 1 amide bonds. The Hall–Kier alpha value is -0.390. The molecule has 3 nitrogen and oxygen atoms in total. The van der Waals surface area contributed by atoms with Crippen LogP contribution in [-0.2, 0) is 4.79 Å². The number of thiophene rings is 1. The van der Waals surface area contributed by atoms with Gasteiger partial charge >= 0.3 is 0 Å². The molecule has 1 aromatic heterocycles. The number of carbonyl (C=O) groups is 1.